The fourth-order valence-electron chi connectivity index (χ4n) is 2.72. The molecule has 1 aliphatic heterocycles. The molecule has 0 aliphatic carbocycles. The summed E-state index contributed by atoms with van der Waals surface area (Å²) in [6, 6.07) is 10.3. The monoisotopic (exact) mass is 393 g/mol. The fourth-order valence-corrected chi connectivity index (χ4v) is 3.05. The number of nitrogens with zero attached hydrogens (tertiary/aromatic N) is 2. The van der Waals surface area contributed by atoms with Crippen LogP contribution in [0.5, 0.6) is 0 Å². The maximum Gasteiger partial charge on any atom is 0.269 e. The number of carbonyl (C=O) groups is 2. The molecule has 1 N–H and O–H groups in total. The minimum atomic E-state index is -0.562. The van der Waals surface area contributed by atoms with Crippen LogP contribution in [0.4, 0.5) is 17.1 Å². The molecule has 7 nitrogen and oxygen atoms in total. The number of hydrogen-bond donors (Lipinski definition) is 1. The van der Waals surface area contributed by atoms with Crippen LogP contribution < -0.4 is 10.2 Å². The molecule has 2 aromatic rings. The van der Waals surface area contributed by atoms with Crippen molar-refractivity contribution in [3.8, 4) is 0 Å². The number of halogens is 2. The van der Waals surface area contributed by atoms with Crippen molar-refractivity contribution in [3.05, 3.63) is 62.6 Å². The van der Waals surface area contributed by atoms with E-state index in [0.29, 0.717) is 21.4 Å². The van der Waals surface area contributed by atoms with E-state index in [4.69, 9.17) is 23.2 Å². The third kappa shape index (κ3) is 3.79. The molecule has 9 heteroatoms. The van der Waals surface area contributed by atoms with Crippen molar-refractivity contribution in [2.45, 2.75) is 6.42 Å². The Morgan fingerprint density at radius 1 is 1.19 bits per heavy atom. The number of nitrogens with one attached hydrogen (secondary N) is 1. The van der Waals surface area contributed by atoms with E-state index in [-0.39, 0.29) is 30.5 Å². The maximum atomic E-state index is 12.5. The van der Waals surface area contributed by atoms with Crippen LogP contribution in [0.2, 0.25) is 10.0 Å². The largest absolute Gasteiger partial charge is 0.324 e. The SMILES string of the molecule is O=C(Nc1cc(Cl)ccc1Cl)[C@H]1CC(=O)N(c2ccc([N+](=O)[O-])cc2)C1. The number of non-ortho nitro benzene ring substituents is 1. The Morgan fingerprint density at radius 2 is 1.88 bits per heavy atom. The number of hydrogen-bond acceptors (Lipinski definition) is 4. The van der Waals surface area contributed by atoms with Gasteiger partial charge in [-0.05, 0) is 30.3 Å². The van der Waals surface area contributed by atoms with Gasteiger partial charge in [0, 0.05) is 35.8 Å². The van der Waals surface area contributed by atoms with E-state index in [1.807, 2.05) is 0 Å². The van der Waals surface area contributed by atoms with Crippen LogP contribution in [0.15, 0.2) is 42.5 Å². The Labute approximate surface area is 158 Å². The lowest BCUT2D eigenvalue weighted by atomic mass is 10.1. The minimum absolute atomic E-state index is 0.0427. The second-order valence-corrected chi connectivity index (χ2v) is 6.64. The van der Waals surface area contributed by atoms with Gasteiger partial charge in [0.2, 0.25) is 11.8 Å². The summed E-state index contributed by atoms with van der Waals surface area (Å²) in [7, 11) is 0. The van der Waals surface area contributed by atoms with Crippen molar-refractivity contribution in [1.82, 2.24) is 0 Å². The number of nitro benzene ring substituents is 1. The summed E-state index contributed by atoms with van der Waals surface area (Å²) in [6.07, 6.45) is 0.0427. The van der Waals surface area contributed by atoms with Gasteiger partial charge in [-0.2, -0.15) is 0 Å². The Morgan fingerprint density at radius 3 is 2.54 bits per heavy atom. The van der Waals surface area contributed by atoms with Crippen LogP contribution in [-0.4, -0.2) is 23.3 Å². The molecule has 0 radical (unpaired) electrons. The molecule has 1 heterocycles. The molecule has 1 fully saturated rings. The zero-order valence-electron chi connectivity index (χ0n) is 13.3. The second-order valence-electron chi connectivity index (χ2n) is 5.79. The molecule has 2 aromatic carbocycles. The predicted molar refractivity (Wildman–Crippen MR) is 98.6 cm³/mol. The molecule has 2 amide bonds. The Balaban J connectivity index is 1.71. The zero-order valence-corrected chi connectivity index (χ0v) is 14.8. The molecule has 1 atom stereocenters. The fraction of sp³-hybridized carbons (Fsp3) is 0.176. The van der Waals surface area contributed by atoms with Crippen molar-refractivity contribution in [3.63, 3.8) is 0 Å². The van der Waals surface area contributed by atoms with Crippen molar-refractivity contribution in [2.24, 2.45) is 5.92 Å². The van der Waals surface area contributed by atoms with E-state index in [9.17, 15) is 19.7 Å². The average molecular weight is 394 g/mol. The molecule has 0 aromatic heterocycles. The molecular formula is C17H13Cl2N3O4. The topological polar surface area (TPSA) is 92.6 Å². The van der Waals surface area contributed by atoms with Crippen molar-refractivity contribution >= 4 is 52.1 Å². The first-order valence-corrected chi connectivity index (χ1v) is 8.41. The van der Waals surface area contributed by atoms with Crippen molar-refractivity contribution in [1.29, 1.82) is 0 Å². The van der Waals surface area contributed by atoms with Gasteiger partial charge in [-0.15, -0.1) is 0 Å². The lowest BCUT2D eigenvalue weighted by Gasteiger charge is -2.16. The lowest BCUT2D eigenvalue weighted by molar-refractivity contribution is -0.384. The Bertz CT molecular complexity index is 886. The third-order valence-corrected chi connectivity index (χ3v) is 4.62. The summed E-state index contributed by atoms with van der Waals surface area (Å²) in [5, 5.41) is 14.2. The number of amides is 2. The second kappa shape index (κ2) is 7.31. The third-order valence-electron chi connectivity index (χ3n) is 4.05. The number of anilines is 2. The summed E-state index contributed by atoms with van der Waals surface area (Å²) in [6.45, 7) is 0.181. The van der Waals surface area contributed by atoms with Crippen LogP contribution in [0.3, 0.4) is 0 Å². The van der Waals surface area contributed by atoms with Crippen LogP contribution in [0.1, 0.15) is 6.42 Å². The van der Waals surface area contributed by atoms with Gasteiger partial charge in [-0.25, -0.2) is 0 Å². The molecule has 1 aliphatic rings. The molecular weight excluding hydrogens is 381 g/mol. The molecule has 134 valence electrons. The predicted octanol–water partition coefficient (Wildman–Crippen LogP) is 3.89. The molecule has 3 rings (SSSR count). The molecule has 1 saturated heterocycles. The lowest BCUT2D eigenvalue weighted by Crippen LogP contribution is -2.28. The number of rotatable bonds is 4. The number of nitro groups is 1. The molecule has 0 spiro atoms. The smallest absolute Gasteiger partial charge is 0.269 e. The number of benzene rings is 2. The van der Waals surface area contributed by atoms with E-state index >= 15 is 0 Å². The normalized spacial score (nSPS) is 16.6. The van der Waals surface area contributed by atoms with Gasteiger partial charge in [0.1, 0.15) is 0 Å². The first-order valence-electron chi connectivity index (χ1n) is 7.66. The molecule has 0 bridgehead atoms. The van der Waals surface area contributed by atoms with Crippen LogP contribution in [0.25, 0.3) is 0 Å². The van der Waals surface area contributed by atoms with Crippen LogP contribution in [-0.2, 0) is 9.59 Å². The van der Waals surface area contributed by atoms with Gasteiger partial charge in [0.05, 0.1) is 21.6 Å². The summed E-state index contributed by atoms with van der Waals surface area (Å²) < 4.78 is 0. The van der Waals surface area contributed by atoms with Gasteiger partial charge < -0.3 is 10.2 Å². The highest BCUT2D eigenvalue weighted by Crippen LogP contribution is 2.29. The molecule has 26 heavy (non-hydrogen) atoms. The van der Waals surface area contributed by atoms with E-state index in [1.54, 1.807) is 12.1 Å². The summed E-state index contributed by atoms with van der Waals surface area (Å²) in [4.78, 5) is 36.4. The highest BCUT2D eigenvalue weighted by molar-refractivity contribution is 6.35. The highest BCUT2D eigenvalue weighted by Gasteiger charge is 2.35. The maximum absolute atomic E-state index is 12.5. The quantitative estimate of drug-likeness (QED) is 0.629. The summed E-state index contributed by atoms with van der Waals surface area (Å²) in [5.74, 6) is -1.13. The standard InChI is InChI=1S/C17H13Cl2N3O4/c18-11-1-6-14(19)15(8-11)20-17(24)10-7-16(23)21(9-10)12-2-4-13(5-3-12)22(25)26/h1-6,8,10H,7,9H2,(H,20,24)/t10-/m0/s1. The average Bonchev–Trinajstić information content (AvgIpc) is 3.00. The highest BCUT2D eigenvalue weighted by atomic mass is 35.5. The Kier molecular flexibility index (Phi) is 5.11. The van der Waals surface area contributed by atoms with Gasteiger partial charge in [-0.1, -0.05) is 23.2 Å². The van der Waals surface area contributed by atoms with E-state index in [0.717, 1.165) is 0 Å². The van der Waals surface area contributed by atoms with E-state index in [2.05, 4.69) is 5.32 Å². The summed E-state index contributed by atoms with van der Waals surface area (Å²) in [5.41, 5.74) is 0.826. The molecule has 0 unspecified atom stereocenters. The zero-order chi connectivity index (χ0) is 18.8. The Hall–Kier alpha value is -2.64. The van der Waals surface area contributed by atoms with Gasteiger partial charge in [0.25, 0.3) is 5.69 Å². The first-order chi connectivity index (χ1) is 12.3. The molecule has 0 saturated carbocycles. The van der Waals surface area contributed by atoms with E-state index < -0.39 is 10.8 Å². The van der Waals surface area contributed by atoms with Crippen molar-refractivity contribution < 1.29 is 14.5 Å². The van der Waals surface area contributed by atoms with Gasteiger partial charge in [0.15, 0.2) is 0 Å². The van der Waals surface area contributed by atoms with Crippen LogP contribution in [0, 0.1) is 16.0 Å². The van der Waals surface area contributed by atoms with Gasteiger partial charge in [-0.3, -0.25) is 19.7 Å². The number of carbonyl (C=O) groups excluding carboxylic acids is 2. The van der Waals surface area contributed by atoms with E-state index in [1.165, 1.54) is 35.2 Å². The van der Waals surface area contributed by atoms with Crippen LogP contribution >= 0.6 is 23.2 Å². The van der Waals surface area contributed by atoms with Crippen molar-refractivity contribution in [2.75, 3.05) is 16.8 Å². The summed E-state index contributed by atoms with van der Waals surface area (Å²) >= 11 is 11.9. The first kappa shape index (κ1) is 18.2. The minimum Gasteiger partial charge on any atom is -0.324 e. The van der Waals surface area contributed by atoms with Gasteiger partial charge >= 0.3 is 0 Å².